The fraction of sp³-hybridized carbons (Fsp3) is 0. The Morgan fingerprint density at radius 2 is 2.08 bits per heavy atom. The average molecular weight is 262 g/mol. The van der Waals surface area contributed by atoms with E-state index in [2.05, 4.69) is 15.9 Å². The SMILES string of the molecule is O=C(O)/C=C(/Cl)c1ccccc1Br. The van der Waals surface area contributed by atoms with Gasteiger partial charge in [-0.1, -0.05) is 45.7 Å². The van der Waals surface area contributed by atoms with Crippen LogP contribution < -0.4 is 0 Å². The van der Waals surface area contributed by atoms with Gasteiger partial charge < -0.3 is 5.11 Å². The highest BCUT2D eigenvalue weighted by Crippen LogP contribution is 2.26. The lowest BCUT2D eigenvalue weighted by molar-refractivity contribution is -0.131. The van der Waals surface area contributed by atoms with Gasteiger partial charge in [-0.05, 0) is 6.07 Å². The van der Waals surface area contributed by atoms with Crippen molar-refractivity contribution in [2.75, 3.05) is 0 Å². The number of hydrogen-bond acceptors (Lipinski definition) is 1. The van der Waals surface area contributed by atoms with Crippen molar-refractivity contribution in [2.45, 2.75) is 0 Å². The van der Waals surface area contributed by atoms with Crippen LogP contribution >= 0.6 is 27.5 Å². The van der Waals surface area contributed by atoms with Crippen molar-refractivity contribution >= 4 is 38.5 Å². The van der Waals surface area contributed by atoms with Crippen LogP contribution in [-0.2, 0) is 4.79 Å². The van der Waals surface area contributed by atoms with Crippen molar-refractivity contribution in [3.05, 3.63) is 40.4 Å². The molecule has 0 aromatic heterocycles. The topological polar surface area (TPSA) is 37.3 Å². The van der Waals surface area contributed by atoms with Gasteiger partial charge in [0.1, 0.15) is 0 Å². The van der Waals surface area contributed by atoms with Crippen molar-refractivity contribution < 1.29 is 9.90 Å². The molecular weight excluding hydrogens is 255 g/mol. The lowest BCUT2D eigenvalue weighted by Crippen LogP contribution is -1.89. The van der Waals surface area contributed by atoms with Crippen LogP contribution in [0.3, 0.4) is 0 Å². The molecule has 1 aromatic carbocycles. The lowest BCUT2D eigenvalue weighted by Gasteiger charge is -2.00. The highest BCUT2D eigenvalue weighted by molar-refractivity contribution is 9.10. The first-order valence-electron chi connectivity index (χ1n) is 3.46. The second-order valence-electron chi connectivity index (χ2n) is 2.31. The van der Waals surface area contributed by atoms with E-state index in [0.717, 1.165) is 10.5 Å². The highest BCUT2D eigenvalue weighted by Gasteiger charge is 2.03. The summed E-state index contributed by atoms with van der Waals surface area (Å²) in [4.78, 5) is 10.3. The molecule has 0 radical (unpaired) electrons. The van der Waals surface area contributed by atoms with Crippen molar-refractivity contribution in [2.24, 2.45) is 0 Å². The Labute approximate surface area is 89.0 Å². The number of halogens is 2. The fourth-order valence-corrected chi connectivity index (χ4v) is 1.71. The molecule has 0 aliphatic heterocycles. The van der Waals surface area contributed by atoms with Crippen LogP contribution in [0.15, 0.2) is 34.8 Å². The zero-order chi connectivity index (χ0) is 9.84. The Morgan fingerprint density at radius 3 is 2.62 bits per heavy atom. The van der Waals surface area contributed by atoms with Crippen molar-refractivity contribution in [3.63, 3.8) is 0 Å². The summed E-state index contributed by atoms with van der Waals surface area (Å²) in [6.45, 7) is 0. The first-order chi connectivity index (χ1) is 6.11. The maximum Gasteiger partial charge on any atom is 0.329 e. The molecule has 0 bridgehead atoms. The number of carboxylic acids is 1. The molecular formula is C9H6BrClO2. The summed E-state index contributed by atoms with van der Waals surface area (Å²) in [5, 5.41) is 8.67. The van der Waals surface area contributed by atoms with E-state index in [1.165, 1.54) is 0 Å². The lowest BCUT2D eigenvalue weighted by atomic mass is 10.2. The van der Waals surface area contributed by atoms with Crippen LogP contribution in [0.1, 0.15) is 5.56 Å². The molecule has 1 N–H and O–H groups in total. The summed E-state index contributed by atoms with van der Waals surface area (Å²) in [7, 11) is 0. The van der Waals surface area contributed by atoms with Crippen LogP contribution in [0.25, 0.3) is 5.03 Å². The van der Waals surface area contributed by atoms with E-state index in [-0.39, 0.29) is 5.03 Å². The molecule has 0 aliphatic rings. The van der Waals surface area contributed by atoms with Gasteiger partial charge in [-0.25, -0.2) is 4.79 Å². The molecule has 0 saturated carbocycles. The van der Waals surface area contributed by atoms with E-state index in [4.69, 9.17) is 16.7 Å². The van der Waals surface area contributed by atoms with Gasteiger partial charge in [0.15, 0.2) is 0 Å². The summed E-state index contributed by atoms with van der Waals surface area (Å²) < 4.78 is 0.775. The Kier molecular flexibility index (Phi) is 3.51. The average Bonchev–Trinajstić information content (AvgIpc) is 2.03. The zero-order valence-electron chi connectivity index (χ0n) is 6.50. The third kappa shape index (κ3) is 2.86. The predicted octanol–water partition coefficient (Wildman–Crippen LogP) is 3.11. The summed E-state index contributed by atoms with van der Waals surface area (Å²) in [5.74, 6) is -1.05. The van der Waals surface area contributed by atoms with Gasteiger partial charge in [0.25, 0.3) is 0 Å². The van der Waals surface area contributed by atoms with Gasteiger partial charge in [0.2, 0.25) is 0 Å². The smallest absolute Gasteiger partial charge is 0.329 e. The molecule has 0 saturated heterocycles. The van der Waals surface area contributed by atoms with Crippen molar-refractivity contribution in [1.82, 2.24) is 0 Å². The third-order valence-corrected chi connectivity index (χ3v) is 2.39. The number of rotatable bonds is 2. The Bertz CT molecular complexity index is 360. The van der Waals surface area contributed by atoms with E-state index >= 15 is 0 Å². The van der Waals surface area contributed by atoms with Crippen LogP contribution in [0, 0.1) is 0 Å². The van der Waals surface area contributed by atoms with E-state index in [9.17, 15) is 4.79 Å². The minimum absolute atomic E-state index is 0.208. The largest absolute Gasteiger partial charge is 0.478 e. The third-order valence-electron chi connectivity index (χ3n) is 1.38. The van der Waals surface area contributed by atoms with E-state index < -0.39 is 5.97 Å². The predicted molar refractivity (Wildman–Crippen MR) is 55.6 cm³/mol. The minimum atomic E-state index is -1.05. The molecule has 2 nitrogen and oxygen atoms in total. The first-order valence-corrected chi connectivity index (χ1v) is 4.63. The van der Waals surface area contributed by atoms with Crippen LogP contribution in [-0.4, -0.2) is 11.1 Å². The zero-order valence-corrected chi connectivity index (χ0v) is 8.84. The number of benzene rings is 1. The number of aliphatic carboxylic acids is 1. The number of carboxylic acid groups (broad SMARTS) is 1. The molecule has 1 rings (SSSR count). The highest BCUT2D eigenvalue weighted by atomic mass is 79.9. The van der Waals surface area contributed by atoms with Crippen LogP contribution in [0.4, 0.5) is 0 Å². The Hall–Kier alpha value is -0.800. The molecule has 0 amide bonds. The van der Waals surface area contributed by atoms with Gasteiger partial charge in [-0.2, -0.15) is 0 Å². The molecule has 0 unspecified atom stereocenters. The monoisotopic (exact) mass is 260 g/mol. The quantitative estimate of drug-likeness (QED) is 0.831. The molecule has 0 aliphatic carbocycles. The molecule has 0 atom stereocenters. The molecule has 68 valence electrons. The molecule has 4 heteroatoms. The van der Waals surface area contributed by atoms with Gasteiger partial charge in [-0.15, -0.1) is 0 Å². The van der Waals surface area contributed by atoms with Gasteiger partial charge >= 0.3 is 5.97 Å². The van der Waals surface area contributed by atoms with Gasteiger partial charge in [0.05, 0.1) is 5.03 Å². The van der Waals surface area contributed by atoms with Crippen LogP contribution in [0.2, 0.25) is 0 Å². The van der Waals surface area contributed by atoms with Gasteiger partial charge in [-0.3, -0.25) is 0 Å². The molecule has 13 heavy (non-hydrogen) atoms. The Balaban J connectivity index is 3.08. The maximum absolute atomic E-state index is 10.3. The summed E-state index contributed by atoms with van der Waals surface area (Å²) in [6, 6.07) is 7.16. The number of hydrogen-bond donors (Lipinski definition) is 1. The van der Waals surface area contributed by atoms with E-state index in [1.807, 2.05) is 6.07 Å². The molecule has 0 heterocycles. The van der Waals surface area contributed by atoms with Crippen molar-refractivity contribution in [1.29, 1.82) is 0 Å². The second kappa shape index (κ2) is 4.44. The minimum Gasteiger partial charge on any atom is -0.478 e. The van der Waals surface area contributed by atoms with E-state index in [1.54, 1.807) is 18.2 Å². The second-order valence-corrected chi connectivity index (χ2v) is 3.57. The normalized spacial score (nSPS) is 11.4. The first kappa shape index (κ1) is 10.3. The standard InChI is InChI=1S/C9H6BrClO2/c10-7-4-2-1-3-6(7)8(11)5-9(12)13/h1-5H,(H,12,13)/b8-5+. The molecule has 1 aromatic rings. The Morgan fingerprint density at radius 1 is 1.46 bits per heavy atom. The summed E-state index contributed by atoms with van der Waals surface area (Å²) >= 11 is 9.03. The summed E-state index contributed by atoms with van der Waals surface area (Å²) in [5.41, 5.74) is 0.673. The van der Waals surface area contributed by atoms with Crippen LogP contribution in [0.5, 0.6) is 0 Å². The van der Waals surface area contributed by atoms with Gasteiger partial charge in [0, 0.05) is 16.1 Å². The summed E-state index contributed by atoms with van der Waals surface area (Å²) in [6.07, 6.45) is 0.960. The van der Waals surface area contributed by atoms with Crippen molar-refractivity contribution in [3.8, 4) is 0 Å². The fourth-order valence-electron chi connectivity index (χ4n) is 0.841. The molecule has 0 spiro atoms. The van der Waals surface area contributed by atoms with E-state index in [0.29, 0.717) is 5.56 Å². The molecule has 0 fully saturated rings. The number of carbonyl (C=O) groups is 1. The maximum atomic E-state index is 10.3.